The third-order valence-corrected chi connectivity index (χ3v) is 5.13. The Labute approximate surface area is 157 Å². The Morgan fingerprint density at radius 2 is 2.04 bits per heavy atom. The molecular weight excluding hydrogens is 350 g/mol. The Balaban J connectivity index is 1.51. The predicted molar refractivity (Wildman–Crippen MR) is 100 cm³/mol. The number of rotatable bonds is 3. The highest BCUT2D eigenvalue weighted by Gasteiger charge is 2.30. The zero-order valence-corrected chi connectivity index (χ0v) is 15.5. The molecule has 1 aliphatic heterocycles. The molecule has 0 saturated carbocycles. The lowest BCUT2D eigenvalue weighted by Gasteiger charge is -2.16. The van der Waals surface area contributed by atoms with Gasteiger partial charge in [0.05, 0.1) is 16.8 Å². The van der Waals surface area contributed by atoms with Gasteiger partial charge >= 0.3 is 0 Å². The monoisotopic (exact) mass is 369 g/mol. The SMILES string of the molecule is Cc1cc(C)n(C2CCN(C(=O)c3ccc(-c4ccccc4Cl)o3)C2)n1. The van der Waals surface area contributed by atoms with Gasteiger partial charge in [0.2, 0.25) is 0 Å². The van der Waals surface area contributed by atoms with Crippen LogP contribution in [0.1, 0.15) is 34.4 Å². The molecule has 3 aromatic rings. The van der Waals surface area contributed by atoms with Crippen LogP contribution in [0.5, 0.6) is 0 Å². The van der Waals surface area contributed by atoms with Gasteiger partial charge in [-0.15, -0.1) is 0 Å². The van der Waals surface area contributed by atoms with E-state index in [2.05, 4.69) is 11.2 Å². The van der Waals surface area contributed by atoms with E-state index in [0.717, 1.165) is 23.4 Å². The van der Waals surface area contributed by atoms with Gasteiger partial charge in [0.1, 0.15) is 5.76 Å². The highest BCUT2D eigenvalue weighted by Crippen LogP contribution is 2.30. The van der Waals surface area contributed by atoms with Crippen molar-refractivity contribution in [2.24, 2.45) is 0 Å². The van der Waals surface area contributed by atoms with Crippen molar-refractivity contribution < 1.29 is 9.21 Å². The normalized spacial score (nSPS) is 17.0. The van der Waals surface area contributed by atoms with Crippen LogP contribution in [-0.2, 0) is 0 Å². The highest BCUT2D eigenvalue weighted by molar-refractivity contribution is 6.33. The molecule has 2 aromatic heterocycles. The number of amides is 1. The minimum absolute atomic E-state index is 0.0904. The van der Waals surface area contributed by atoms with E-state index in [1.54, 1.807) is 18.2 Å². The zero-order chi connectivity index (χ0) is 18.3. The number of aromatic nitrogens is 2. The van der Waals surface area contributed by atoms with Crippen LogP contribution < -0.4 is 0 Å². The first-order valence-corrected chi connectivity index (χ1v) is 9.07. The molecule has 134 valence electrons. The van der Waals surface area contributed by atoms with Crippen molar-refractivity contribution in [1.82, 2.24) is 14.7 Å². The van der Waals surface area contributed by atoms with Crippen molar-refractivity contribution in [3.05, 3.63) is 64.6 Å². The van der Waals surface area contributed by atoms with Gasteiger partial charge in [-0.3, -0.25) is 9.48 Å². The largest absolute Gasteiger partial charge is 0.451 e. The molecule has 26 heavy (non-hydrogen) atoms. The summed E-state index contributed by atoms with van der Waals surface area (Å²) >= 11 is 6.21. The van der Waals surface area contributed by atoms with E-state index >= 15 is 0 Å². The maximum Gasteiger partial charge on any atom is 0.289 e. The van der Waals surface area contributed by atoms with Crippen LogP contribution in [0.3, 0.4) is 0 Å². The first-order valence-electron chi connectivity index (χ1n) is 8.69. The van der Waals surface area contributed by atoms with Crippen molar-refractivity contribution in [2.75, 3.05) is 13.1 Å². The summed E-state index contributed by atoms with van der Waals surface area (Å²) in [6, 6.07) is 13.2. The summed E-state index contributed by atoms with van der Waals surface area (Å²) < 4.78 is 7.82. The van der Waals surface area contributed by atoms with Crippen LogP contribution in [0.25, 0.3) is 11.3 Å². The summed E-state index contributed by atoms with van der Waals surface area (Å²) in [4.78, 5) is 14.6. The molecule has 5 nitrogen and oxygen atoms in total. The van der Waals surface area contributed by atoms with Gasteiger partial charge in [-0.1, -0.05) is 23.7 Å². The average molecular weight is 370 g/mol. The Hall–Kier alpha value is -2.53. The standard InChI is InChI=1S/C20H20ClN3O2/c1-13-11-14(2)24(22-13)15-9-10-23(12-15)20(25)19-8-7-18(26-19)16-5-3-4-6-17(16)21/h3-8,11,15H,9-10,12H2,1-2H3. The number of halogens is 1. The highest BCUT2D eigenvalue weighted by atomic mass is 35.5. The lowest BCUT2D eigenvalue weighted by atomic mass is 10.2. The smallest absolute Gasteiger partial charge is 0.289 e. The van der Waals surface area contributed by atoms with E-state index in [-0.39, 0.29) is 11.9 Å². The Bertz CT molecular complexity index is 960. The second-order valence-corrected chi connectivity index (χ2v) is 7.12. The van der Waals surface area contributed by atoms with E-state index in [4.69, 9.17) is 16.0 Å². The number of carbonyl (C=O) groups is 1. The Morgan fingerprint density at radius 1 is 1.23 bits per heavy atom. The van der Waals surface area contributed by atoms with Crippen molar-refractivity contribution in [3.63, 3.8) is 0 Å². The molecule has 4 rings (SSSR count). The van der Waals surface area contributed by atoms with Crippen LogP contribution in [-0.4, -0.2) is 33.7 Å². The molecule has 0 N–H and O–H groups in total. The average Bonchev–Trinajstić information content (AvgIpc) is 3.34. The fourth-order valence-electron chi connectivity index (χ4n) is 3.56. The maximum absolute atomic E-state index is 12.8. The number of nitrogens with zero attached hydrogens (tertiary/aromatic N) is 3. The molecule has 0 radical (unpaired) electrons. The summed E-state index contributed by atoms with van der Waals surface area (Å²) in [6.45, 7) is 5.38. The number of hydrogen-bond donors (Lipinski definition) is 0. The third-order valence-electron chi connectivity index (χ3n) is 4.80. The van der Waals surface area contributed by atoms with E-state index in [1.165, 1.54) is 0 Å². The fraction of sp³-hybridized carbons (Fsp3) is 0.300. The minimum atomic E-state index is -0.0904. The number of carbonyl (C=O) groups excluding carboxylic acids is 1. The molecule has 0 spiro atoms. The fourth-order valence-corrected chi connectivity index (χ4v) is 3.78. The molecule has 0 bridgehead atoms. The van der Waals surface area contributed by atoms with Crippen LogP contribution in [0, 0.1) is 13.8 Å². The van der Waals surface area contributed by atoms with Gasteiger partial charge in [-0.25, -0.2) is 0 Å². The second-order valence-electron chi connectivity index (χ2n) is 6.71. The van der Waals surface area contributed by atoms with Crippen LogP contribution in [0.2, 0.25) is 5.02 Å². The van der Waals surface area contributed by atoms with Gasteiger partial charge in [-0.2, -0.15) is 5.10 Å². The summed E-state index contributed by atoms with van der Waals surface area (Å²) in [5, 5.41) is 5.16. The second kappa shape index (κ2) is 6.65. The molecule has 1 fully saturated rings. The number of hydrogen-bond acceptors (Lipinski definition) is 3. The van der Waals surface area contributed by atoms with E-state index < -0.39 is 0 Å². The van der Waals surface area contributed by atoms with Gasteiger partial charge in [0.15, 0.2) is 5.76 Å². The summed E-state index contributed by atoms with van der Waals surface area (Å²) in [5.74, 6) is 0.856. The Morgan fingerprint density at radius 3 is 2.77 bits per heavy atom. The number of benzene rings is 1. The van der Waals surface area contributed by atoms with E-state index in [1.807, 2.05) is 41.6 Å². The van der Waals surface area contributed by atoms with Crippen LogP contribution >= 0.6 is 11.6 Å². The van der Waals surface area contributed by atoms with Gasteiger partial charge in [-0.05, 0) is 50.6 Å². The quantitative estimate of drug-likeness (QED) is 0.683. The topological polar surface area (TPSA) is 51.3 Å². The summed E-state index contributed by atoms with van der Waals surface area (Å²) in [6.07, 6.45) is 0.895. The molecule has 1 atom stereocenters. The third kappa shape index (κ3) is 3.03. The summed E-state index contributed by atoms with van der Waals surface area (Å²) in [5.41, 5.74) is 2.92. The van der Waals surface area contributed by atoms with E-state index in [0.29, 0.717) is 29.6 Å². The van der Waals surface area contributed by atoms with Gasteiger partial charge in [0.25, 0.3) is 5.91 Å². The van der Waals surface area contributed by atoms with Crippen LogP contribution in [0.15, 0.2) is 46.9 Å². The number of aryl methyl sites for hydroxylation is 2. The molecular formula is C20H20ClN3O2. The molecule has 1 unspecified atom stereocenters. The molecule has 1 aliphatic rings. The predicted octanol–water partition coefficient (Wildman–Crippen LogP) is 4.50. The molecule has 3 heterocycles. The lowest BCUT2D eigenvalue weighted by molar-refractivity contribution is 0.0756. The van der Waals surface area contributed by atoms with Crippen molar-refractivity contribution in [2.45, 2.75) is 26.3 Å². The molecule has 6 heteroatoms. The first-order chi connectivity index (χ1) is 12.5. The molecule has 1 saturated heterocycles. The Kier molecular flexibility index (Phi) is 4.32. The van der Waals surface area contributed by atoms with Crippen molar-refractivity contribution in [1.29, 1.82) is 0 Å². The van der Waals surface area contributed by atoms with Crippen LogP contribution in [0.4, 0.5) is 0 Å². The number of furan rings is 1. The lowest BCUT2D eigenvalue weighted by Crippen LogP contribution is -2.29. The number of likely N-dealkylation sites (tertiary alicyclic amines) is 1. The molecule has 0 aliphatic carbocycles. The molecule has 1 amide bonds. The maximum atomic E-state index is 12.8. The summed E-state index contributed by atoms with van der Waals surface area (Å²) in [7, 11) is 0. The molecule has 1 aromatic carbocycles. The van der Waals surface area contributed by atoms with E-state index in [9.17, 15) is 4.79 Å². The van der Waals surface area contributed by atoms with Crippen molar-refractivity contribution in [3.8, 4) is 11.3 Å². The minimum Gasteiger partial charge on any atom is -0.451 e. The van der Waals surface area contributed by atoms with Gasteiger partial charge in [0, 0.05) is 24.3 Å². The van der Waals surface area contributed by atoms with Gasteiger partial charge < -0.3 is 9.32 Å². The first kappa shape index (κ1) is 16.9. The zero-order valence-electron chi connectivity index (χ0n) is 14.8. The van der Waals surface area contributed by atoms with Crippen molar-refractivity contribution >= 4 is 17.5 Å².